The SMILES string of the molecule is COc1ccc2[nH]c3c(c2c1)C[C@@]1(C)C(=O)N(CCCN2CCCCC2)C(=O)N1C3. The highest BCUT2D eigenvalue weighted by atomic mass is 16.5. The standard InChI is InChI=1S/C23H30N4O3/c1-23-14-18-17-13-16(30-2)7-8-19(17)24-20(18)15-27(23)22(29)26(21(23)28)12-6-11-25-9-4-3-5-10-25/h7-8,13,24H,3-6,9-12,14-15H2,1-2H3/t23-/m0/s1. The van der Waals surface area contributed by atoms with E-state index in [-0.39, 0.29) is 11.9 Å². The number of hydrogen-bond donors (Lipinski definition) is 1. The fourth-order valence-electron chi connectivity index (χ4n) is 5.34. The van der Waals surface area contributed by atoms with Crippen molar-refractivity contribution in [2.75, 3.05) is 33.3 Å². The molecule has 1 aromatic carbocycles. The molecule has 0 bridgehead atoms. The van der Waals surface area contributed by atoms with E-state index in [1.54, 1.807) is 12.0 Å². The van der Waals surface area contributed by atoms with E-state index in [2.05, 4.69) is 9.88 Å². The summed E-state index contributed by atoms with van der Waals surface area (Å²) in [6.07, 6.45) is 5.19. The van der Waals surface area contributed by atoms with Crippen molar-refractivity contribution in [2.45, 2.75) is 51.1 Å². The molecule has 0 radical (unpaired) electrons. The molecule has 30 heavy (non-hydrogen) atoms. The number of methoxy groups -OCH3 is 1. The van der Waals surface area contributed by atoms with Crippen LogP contribution in [0.4, 0.5) is 4.79 Å². The van der Waals surface area contributed by atoms with E-state index in [1.165, 1.54) is 24.2 Å². The first-order valence-electron chi connectivity index (χ1n) is 11.0. The summed E-state index contributed by atoms with van der Waals surface area (Å²) in [5.74, 6) is 0.735. The number of urea groups is 1. The summed E-state index contributed by atoms with van der Waals surface area (Å²) in [7, 11) is 1.66. The number of amides is 3. The second kappa shape index (κ2) is 7.30. The van der Waals surface area contributed by atoms with E-state index in [9.17, 15) is 9.59 Å². The Morgan fingerprint density at radius 2 is 1.93 bits per heavy atom. The average molecular weight is 411 g/mol. The molecule has 2 fully saturated rings. The highest BCUT2D eigenvalue weighted by molar-refractivity contribution is 6.07. The van der Waals surface area contributed by atoms with Gasteiger partial charge in [-0.05, 0) is 69.6 Å². The molecule has 1 atom stereocenters. The molecule has 7 heteroatoms. The molecule has 4 heterocycles. The molecule has 160 valence electrons. The van der Waals surface area contributed by atoms with Gasteiger partial charge in [-0.2, -0.15) is 0 Å². The molecule has 3 amide bonds. The zero-order valence-corrected chi connectivity index (χ0v) is 17.9. The lowest BCUT2D eigenvalue weighted by Gasteiger charge is -2.35. The molecule has 0 spiro atoms. The van der Waals surface area contributed by atoms with Crippen LogP contribution in [-0.4, -0.2) is 70.4 Å². The van der Waals surface area contributed by atoms with E-state index in [0.717, 1.165) is 54.0 Å². The third-order valence-corrected chi connectivity index (χ3v) is 7.11. The monoisotopic (exact) mass is 410 g/mol. The molecule has 0 aliphatic carbocycles. The topological polar surface area (TPSA) is 68.9 Å². The van der Waals surface area contributed by atoms with Gasteiger partial charge in [0.15, 0.2) is 0 Å². The van der Waals surface area contributed by atoms with Gasteiger partial charge in [0.2, 0.25) is 0 Å². The first kappa shape index (κ1) is 19.4. The van der Waals surface area contributed by atoms with Crippen LogP contribution in [0.1, 0.15) is 43.9 Å². The number of H-pyrrole nitrogens is 1. The molecule has 3 aliphatic rings. The maximum absolute atomic E-state index is 13.4. The number of rotatable bonds is 5. The summed E-state index contributed by atoms with van der Waals surface area (Å²) in [4.78, 5) is 35.6. The number of benzene rings is 1. The number of ether oxygens (including phenoxy) is 1. The number of aromatic amines is 1. The summed E-state index contributed by atoms with van der Waals surface area (Å²) < 4.78 is 5.39. The van der Waals surface area contributed by atoms with Crippen molar-refractivity contribution >= 4 is 22.8 Å². The van der Waals surface area contributed by atoms with Gasteiger partial charge in [0.05, 0.1) is 13.7 Å². The minimum Gasteiger partial charge on any atom is -0.497 e. The van der Waals surface area contributed by atoms with E-state index in [0.29, 0.717) is 19.5 Å². The molecule has 5 rings (SSSR count). The van der Waals surface area contributed by atoms with Crippen LogP contribution in [0.25, 0.3) is 10.9 Å². The summed E-state index contributed by atoms with van der Waals surface area (Å²) in [5, 5.41) is 1.08. The van der Waals surface area contributed by atoms with Crippen molar-refractivity contribution in [1.82, 2.24) is 19.7 Å². The van der Waals surface area contributed by atoms with E-state index in [4.69, 9.17) is 4.74 Å². The number of piperidine rings is 1. The van der Waals surface area contributed by atoms with E-state index >= 15 is 0 Å². The molecule has 7 nitrogen and oxygen atoms in total. The van der Waals surface area contributed by atoms with Crippen LogP contribution >= 0.6 is 0 Å². The molecule has 3 aliphatic heterocycles. The number of aromatic nitrogens is 1. The Bertz CT molecular complexity index is 994. The molecule has 1 N–H and O–H groups in total. The van der Waals surface area contributed by atoms with Gasteiger partial charge in [0, 0.05) is 29.6 Å². The molecule has 1 aromatic heterocycles. The van der Waals surface area contributed by atoms with Crippen LogP contribution in [0.2, 0.25) is 0 Å². The molecule has 2 saturated heterocycles. The predicted octanol–water partition coefficient (Wildman–Crippen LogP) is 3.13. The fraction of sp³-hybridized carbons (Fsp3) is 0.565. The van der Waals surface area contributed by atoms with Gasteiger partial charge >= 0.3 is 6.03 Å². The van der Waals surface area contributed by atoms with Crippen molar-refractivity contribution in [3.63, 3.8) is 0 Å². The Morgan fingerprint density at radius 3 is 2.70 bits per heavy atom. The highest BCUT2D eigenvalue weighted by Crippen LogP contribution is 2.41. The summed E-state index contributed by atoms with van der Waals surface area (Å²) in [6.45, 7) is 6.09. The largest absolute Gasteiger partial charge is 0.497 e. The molecule has 0 saturated carbocycles. The predicted molar refractivity (Wildman–Crippen MR) is 115 cm³/mol. The Hall–Kier alpha value is -2.54. The minimum absolute atomic E-state index is 0.0611. The number of carbonyl (C=O) groups excluding carboxylic acids is 2. The van der Waals surface area contributed by atoms with Crippen molar-refractivity contribution < 1.29 is 14.3 Å². The normalized spacial score (nSPS) is 24.5. The van der Waals surface area contributed by atoms with Crippen molar-refractivity contribution in [3.05, 3.63) is 29.5 Å². The van der Waals surface area contributed by atoms with Crippen molar-refractivity contribution in [2.24, 2.45) is 0 Å². The van der Waals surface area contributed by atoms with Crippen LogP contribution in [0.5, 0.6) is 5.75 Å². The number of nitrogens with zero attached hydrogens (tertiary/aromatic N) is 3. The van der Waals surface area contributed by atoms with Gasteiger partial charge < -0.3 is 19.5 Å². The van der Waals surface area contributed by atoms with Crippen LogP contribution in [0, 0.1) is 0 Å². The fourth-order valence-corrected chi connectivity index (χ4v) is 5.34. The van der Waals surface area contributed by atoms with Gasteiger partial charge in [-0.1, -0.05) is 6.42 Å². The average Bonchev–Trinajstić information content (AvgIpc) is 3.20. The zero-order chi connectivity index (χ0) is 20.9. The van der Waals surface area contributed by atoms with Crippen LogP contribution in [-0.2, 0) is 17.8 Å². The Balaban J connectivity index is 1.35. The van der Waals surface area contributed by atoms with Gasteiger partial charge in [-0.25, -0.2) is 4.79 Å². The van der Waals surface area contributed by atoms with Crippen LogP contribution in [0.15, 0.2) is 18.2 Å². The van der Waals surface area contributed by atoms with Gasteiger partial charge in [-0.15, -0.1) is 0 Å². The molecular formula is C23H30N4O3. The summed E-state index contributed by atoms with van der Waals surface area (Å²) >= 11 is 0. The highest BCUT2D eigenvalue weighted by Gasteiger charge is 2.56. The summed E-state index contributed by atoms with van der Waals surface area (Å²) in [5.41, 5.74) is 2.35. The van der Waals surface area contributed by atoms with E-state index in [1.807, 2.05) is 25.1 Å². The van der Waals surface area contributed by atoms with E-state index < -0.39 is 5.54 Å². The third-order valence-electron chi connectivity index (χ3n) is 7.11. The number of carbonyl (C=O) groups is 2. The number of likely N-dealkylation sites (tertiary alicyclic amines) is 1. The molecule has 2 aromatic rings. The smallest absolute Gasteiger partial charge is 0.328 e. The quantitative estimate of drug-likeness (QED) is 0.769. The van der Waals surface area contributed by atoms with Crippen molar-refractivity contribution in [1.29, 1.82) is 0 Å². The van der Waals surface area contributed by atoms with Gasteiger partial charge in [-0.3, -0.25) is 9.69 Å². The number of hydrogen-bond acceptors (Lipinski definition) is 4. The second-order valence-electron chi connectivity index (χ2n) is 9.03. The Labute approximate surface area is 176 Å². The van der Waals surface area contributed by atoms with Crippen LogP contribution in [0.3, 0.4) is 0 Å². The number of fused-ring (bicyclic) bond motifs is 4. The van der Waals surface area contributed by atoms with Crippen molar-refractivity contribution in [3.8, 4) is 5.75 Å². The molecule has 0 unspecified atom stereocenters. The summed E-state index contributed by atoms with van der Waals surface area (Å²) in [6, 6.07) is 5.79. The Kier molecular flexibility index (Phi) is 4.73. The maximum Gasteiger partial charge on any atom is 0.328 e. The Morgan fingerprint density at radius 1 is 1.13 bits per heavy atom. The molecular weight excluding hydrogens is 380 g/mol. The minimum atomic E-state index is -0.812. The zero-order valence-electron chi connectivity index (χ0n) is 17.9. The maximum atomic E-state index is 13.4. The lowest BCUT2D eigenvalue weighted by Crippen LogP contribution is -2.51. The third kappa shape index (κ3) is 2.98. The lowest BCUT2D eigenvalue weighted by atomic mass is 9.86. The van der Waals surface area contributed by atoms with Gasteiger partial charge in [0.25, 0.3) is 5.91 Å². The lowest BCUT2D eigenvalue weighted by molar-refractivity contribution is -0.133. The first-order valence-corrected chi connectivity index (χ1v) is 11.0. The second-order valence-corrected chi connectivity index (χ2v) is 9.03. The first-order chi connectivity index (χ1) is 14.5. The number of imide groups is 1. The number of nitrogens with one attached hydrogen (secondary N) is 1. The van der Waals surface area contributed by atoms with Crippen LogP contribution < -0.4 is 4.74 Å². The van der Waals surface area contributed by atoms with Gasteiger partial charge in [0.1, 0.15) is 11.3 Å².